The van der Waals surface area contributed by atoms with Gasteiger partial charge in [0.15, 0.2) is 5.06 Å². The summed E-state index contributed by atoms with van der Waals surface area (Å²) in [5.74, 6) is 0. The molecule has 84 valence electrons. The first-order valence-electron chi connectivity index (χ1n) is 5.34. The third-order valence-electron chi connectivity index (χ3n) is 2.86. The van der Waals surface area contributed by atoms with Crippen LogP contribution in [0, 0.1) is 0 Å². The van der Waals surface area contributed by atoms with Gasteiger partial charge >= 0.3 is 0 Å². The minimum Gasteiger partial charge on any atom is -0.487 e. The van der Waals surface area contributed by atoms with Crippen molar-refractivity contribution >= 4 is 11.3 Å². The van der Waals surface area contributed by atoms with E-state index >= 15 is 0 Å². The van der Waals surface area contributed by atoms with Crippen molar-refractivity contribution in [1.29, 1.82) is 0 Å². The van der Waals surface area contributed by atoms with Crippen LogP contribution in [0.2, 0.25) is 0 Å². The molecule has 0 saturated heterocycles. The van der Waals surface area contributed by atoms with Crippen LogP contribution in [0.5, 0.6) is 5.06 Å². The van der Waals surface area contributed by atoms with Crippen molar-refractivity contribution in [3.63, 3.8) is 0 Å². The lowest BCUT2D eigenvalue weighted by Gasteiger charge is -2.15. The molecule has 15 heavy (non-hydrogen) atoms. The summed E-state index contributed by atoms with van der Waals surface area (Å²) < 4.78 is 5.13. The normalized spacial score (nSPS) is 25.7. The minimum absolute atomic E-state index is 0.160. The standard InChI is InChI=1S/C11H17NO2S/c1-14-11-6-5-8(15-11)7-12-9-3-2-4-10(9)13/h5-6,9-10,12-13H,2-4,7H2,1H3. The van der Waals surface area contributed by atoms with Crippen molar-refractivity contribution in [2.45, 2.75) is 38.0 Å². The number of hydrogen-bond acceptors (Lipinski definition) is 4. The number of aliphatic hydroxyl groups is 1. The molecule has 0 amide bonds. The second-order valence-electron chi connectivity index (χ2n) is 3.91. The van der Waals surface area contributed by atoms with E-state index in [1.54, 1.807) is 18.4 Å². The Kier molecular flexibility index (Phi) is 3.61. The van der Waals surface area contributed by atoms with Gasteiger partial charge in [-0.05, 0) is 31.4 Å². The first-order valence-corrected chi connectivity index (χ1v) is 6.15. The van der Waals surface area contributed by atoms with E-state index in [0.29, 0.717) is 0 Å². The maximum Gasteiger partial charge on any atom is 0.173 e. The fourth-order valence-electron chi connectivity index (χ4n) is 1.97. The molecule has 3 nitrogen and oxygen atoms in total. The molecule has 1 aromatic heterocycles. The van der Waals surface area contributed by atoms with Gasteiger partial charge in [-0.3, -0.25) is 0 Å². The van der Waals surface area contributed by atoms with Gasteiger partial charge in [0.05, 0.1) is 13.2 Å². The van der Waals surface area contributed by atoms with Gasteiger partial charge in [-0.15, -0.1) is 11.3 Å². The zero-order chi connectivity index (χ0) is 10.7. The first-order chi connectivity index (χ1) is 7.29. The lowest BCUT2D eigenvalue weighted by Crippen LogP contribution is -2.34. The third kappa shape index (κ3) is 2.71. The van der Waals surface area contributed by atoms with Crippen LogP contribution in [0.25, 0.3) is 0 Å². The maximum absolute atomic E-state index is 9.63. The molecule has 1 aliphatic carbocycles. The summed E-state index contributed by atoms with van der Waals surface area (Å²) in [5.41, 5.74) is 0. The van der Waals surface area contributed by atoms with Crippen molar-refractivity contribution in [2.75, 3.05) is 7.11 Å². The van der Waals surface area contributed by atoms with Gasteiger partial charge in [0.25, 0.3) is 0 Å². The highest BCUT2D eigenvalue weighted by Gasteiger charge is 2.24. The number of hydrogen-bond donors (Lipinski definition) is 2. The van der Waals surface area contributed by atoms with Crippen LogP contribution in [0.4, 0.5) is 0 Å². The number of nitrogens with one attached hydrogen (secondary N) is 1. The van der Waals surface area contributed by atoms with Crippen molar-refractivity contribution in [2.24, 2.45) is 0 Å². The molecule has 2 atom stereocenters. The van der Waals surface area contributed by atoms with Gasteiger partial charge in [0, 0.05) is 17.5 Å². The maximum atomic E-state index is 9.63. The van der Waals surface area contributed by atoms with Crippen LogP contribution in [0.3, 0.4) is 0 Å². The molecular formula is C11H17NO2S. The molecule has 1 aliphatic rings. The number of methoxy groups -OCH3 is 1. The van der Waals surface area contributed by atoms with E-state index < -0.39 is 0 Å². The monoisotopic (exact) mass is 227 g/mol. The molecule has 4 heteroatoms. The van der Waals surface area contributed by atoms with Gasteiger partial charge in [-0.25, -0.2) is 0 Å². The van der Waals surface area contributed by atoms with Gasteiger partial charge in [-0.2, -0.15) is 0 Å². The Balaban J connectivity index is 1.82. The van der Waals surface area contributed by atoms with Crippen LogP contribution >= 0.6 is 11.3 Å². The van der Waals surface area contributed by atoms with Crippen LogP contribution in [-0.4, -0.2) is 24.4 Å². The van der Waals surface area contributed by atoms with Gasteiger partial charge < -0.3 is 15.2 Å². The lowest BCUT2D eigenvalue weighted by molar-refractivity contribution is 0.149. The smallest absolute Gasteiger partial charge is 0.173 e. The SMILES string of the molecule is COc1ccc(CNC2CCCC2O)s1. The minimum atomic E-state index is -0.160. The summed E-state index contributed by atoms with van der Waals surface area (Å²) in [6.07, 6.45) is 2.99. The average Bonchev–Trinajstić information content (AvgIpc) is 2.84. The summed E-state index contributed by atoms with van der Waals surface area (Å²) >= 11 is 1.65. The predicted molar refractivity (Wildman–Crippen MR) is 61.4 cm³/mol. The molecule has 1 heterocycles. The molecule has 0 aliphatic heterocycles. The molecule has 0 aromatic carbocycles. The quantitative estimate of drug-likeness (QED) is 0.823. The number of rotatable bonds is 4. The highest BCUT2D eigenvalue weighted by atomic mass is 32.1. The third-order valence-corrected chi connectivity index (χ3v) is 3.90. The van der Waals surface area contributed by atoms with E-state index in [2.05, 4.69) is 11.4 Å². The Morgan fingerprint density at radius 3 is 3.00 bits per heavy atom. The average molecular weight is 227 g/mol. The highest BCUT2D eigenvalue weighted by Crippen LogP contribution is 2.25. The molecule has 2 N–H and O–H groups in total. The van der Waals surface area contributed by atoms with Gasteiger partial charge in [0.2, 0.25) is 0 Å². The fourth-order valence-corrected chi connectivity index (χ4v) is 2.74. The van der Waals surface area contributed by atoms with E-state index in [1.165, 1.54) is 4.88 Å². The van der Waals surface area contributed by atoms with Crippen LogP contribution in [0.15, 0.2) is 12.1 Å². The van der Waals surface area contributed by atoms with E-state index in [4.69, 9.17) is 4.74 Å². The molecule has 0 bridgehead atoms. The summed E-state index contributed by atoms with van der Waals surface area (Å²) in [4.78, 5) is 1.26. The van der Waals surface area contributed by atoms with Gasteiger partial charge in [-0.1, -0.05) is 0 Å². The van der Waals surface area contributed by atoms with Crippen molar-refractivity contribution in [3.8, 4) is 5.06 Å². The highest BCUT2D eigenvalue weighted by molar-refractivity contribution is 7.13. The Labute approximate surface area is 94.1 Å². The van der Waals surface area contributed by atoms with E-state index in [-0.39, 0.29) is 12.1 Å². The zero-order valence-corrected chi connectivity index (χ0v) is 9.72. The summed E-state index contributed by atoms with van der Waals surface area (Å²) in [7, 11) is 1.68. The van der Waals surface area contributed by atoms with Gasteiger partial charge in [0.1, 0.15) is 0 Å². The Hall–Kier alpha value is -0.580. The predicted octanol–water partition coefficient (Wildman–Crippen LogP) is 1.76. The Morgan fingerprint density at radius 1 is 1.53 bits per heavy atom. The second-order valence-corrected chi connectivity index (χ2v) is 5.04. The first kappa shape index (κ1) is 10.9. The molecule has 0 radical (unpaired) electrons. The Bertz CT molecular complexity index is 313. The fraction of sp³-hybridized carbons (Fsp3) is 0.636. The molecule has 2 unspecified atom stereocenters. The summed E-state index contributed by atoms with van der Waals surface area (Å²) in [5, 5.41) is 14.0. The molecule has 1 aromatic rings. The molecule has 2 rings (SSSR count). The topological polar surface area (TPSA) is 41.5 Å². The summed E-state index contributed by atoms with van der Waals surface area (Å²) in [6, 6.07) is 4.32. The lowest BCUT2D eigenvalue weighted by atomic mass is 10.2. The van der Waals surface area contributed by atoms with Crippen molar-refractivity contribution in [1.82, 2.24) is 5.32 Å². The van der Waals surface area contributed by atoms with Crippen LogP contribution < -0.4 is 10.1 Å². The molecule has 1 fully saturated rings. The molecule has 0 spiro atoms. The van der Waals surface area contributed by atoms with E-state index in [0.717, 1.165) is 30.9 Å². The van der Waals surface area contributed by atoms with E-state index in [9.17, 15) is 5.11 Å². The van der Waals surface area contributed by atoms with Crippen molar-refractivity contribution < 1.29 is 9.84 Å². The Morgan fingerprint density at radius 2 is 2.40 bits per heavy atom. The largest absolute Gasteiger partial charge is 0.487 e. The number of aliphatic hydroxyl groups excluding tert-OH is 1. The summed E-state index contributed by atoms with van der Waals surface area (Å²) in [6.45, 7) is 0.829. The van der Waals surface area contributed by atoms with E-state index in [1.807, 2.05) is 6.07 Å². The van der Waals surface area contributed by atoms with Crippen LogP contribution in [0.1, 0.15) is 24.1 Å². The molecular weight excluding hydrogens is 210 g/mol. The van der Waals surface area contributed by atoms with Crippen molar-refractivity contribution in [3.05, 3.63) is 17.0 Å². The number of ether oxygens (including phenoxy) is 1. The molecule has 1 saturated carbocycles. The second kappa shape index (κ2) is 4.96. The number of thiophene rings is 1. The van der Waals surface area contributed by atoms with Crippen LogP contribution in [-0.2, 0) is 6.54 Å². The zero-order valence-electron chi connectivity index (χ0n) is 8.90.